The average molecular weight is 586 g/mol. The molecule has 0 radical (unpaired) electrons. The van der Waals surface area contributed by atoms with Gasteiger partial charge in [0, 0.05) is 23.5 Å². The highest BCUT2D eigenvalue weighted by atomic mass is 79.9. The molecule has 0 atom stereocenters. The highest BCUT2D eigenvalue weighted by Crippen LogP contribution is 2.62. The topological polar surface area (TPSA) is 12.4 Å². The molecule has 0 aliphatic carbocycles. The lowest BCUT2D eigenvalue weighted by Gasteiger charge is -2.33. The van der Waals surface area contributed by atoms with Crippen LogP contribution in [0.4, 0.5) is 5.69 Å². The predicted octanol–water partition coefficient (Wildman–Crippen LogP) is 8.02. The second kappa shape index (κ2) is 11.2. The third-order valence-corrected chi connectivity index (χ3v) is 17.4. The quantitative estimate of drug-likeness (QED) is 0.176. The van der Waals surface area contributed by atoms with Crippen molar-refractivity contribution >= 4 is 67.7 Å². The van der Waals surface area contributed by atoms with Crippen LogP contribution in [0.25, 0.3) is 0 Å². The van der Waals surface area contributed by atoms with Crippen LogP contribution in [0.2, 0.25) is 0 Å². The van der Waals surface area contributed by atoms with E-state index in [0.29, 0.717) is 0 Å². The van der Waals surface area contributed by atoms with Gasteiger partial charge in [0.15, 0.2) is 0 Å². The van der Waals surface area contributed by atoms with Crippen LogP contribution in [-0.4, -0.2) is 5.90 Å². The van der Waals surface area contributed by atoms with E-state index in [1.54, 1.807) is 0 Å². The number of rotatable bonds is 7. The van der Waals surface area contributed by atoms with Gasteiger partial charge in [0.1, 0.15) is 0 Å². The molecule has 5 aromatic carbocycles. The normalized spacial score (nSPS) is 11.7. The van der Waals surface area contributed by atoms with E-state index in [9.17, 15) is 0 Å². The van der Waals surface area contributed by atoms with Crippen molar-refractivity contribution < 1.29 is 0 Å². The lowest BCUT2D eigenvalue weighted by atomic mass is 10.3. The zero-order valence-electron chi connectivity index (χ0n) is 19.7. The molecular weight excluding hydrogens is 560 g/mol. The maximum atomic E-state index is 6.79. The van der Waals surface area contributed by atoms with Gasteiger partial charge < -0.3 is 0 Å². The van der Waals surface area contributed by atoms with Crippen LogP contribution in [0.15, 0.2) is 155 Å². The van der Waals surface area contributed by atoms with E-state index >= 15 is 0 Å². The van der Waals surface area contributed by atoms with Crippen molar-refractivity contribution in [2.75, 3.05) is 5.90 Å². The van der Waals surface area contributed by atoms with Crippen LogP contribution < -0.4 is 21.2 Å². The minimum absolute atomic E-state index is 0.799. The molecule has 178 valence electrons. The summed E-state index contributed by atoms with van der Waals surface area (Å²) in [4.78, 5) is 0. The predicted molar refractivity (Wildman–Crippen MR) is 167 cm³/mol. The molecule has 5 heteroatoms. The van der Waals surface area contributed by atoms with Crippen molar-refractivity contribution in [1.82, 2.24) is 0 Å². The standard InChI is InChI=1S/C31H26BrNP2S/c32-26-21-23-27(24-22-26)33-34(28-13-5-1-6-14-28,29-15-7-2-8-16-29)25-35(36,30-17-9-3-10-18-30)31-19-11-4-12-20-31/h1-24H,25H2. The first kappa shape index (κ1) is 25.1. The molecule has 0 saturated carbocycles. The summed E-state index contributed by atoms with van der Waals surface area (Å²) in [5, 5.41) is 4.96. The largest absolute Gasteiger partial charge is 0.258 e. The summed E-state index contributed by atoms with van der Waals surface area (Å²) in [6, 6.07) is 49.1. The van der Waals surface area contributed by atoms with E-state index in [0.717, 1.165) is 16.1 Å². The first-order valence-corrected chi connectivity index (χ1v) is 17.5. The fourth-order valence-electron chi connectivity index (χ4n) is 4.45. The van der Waals surface area contributed by atoms with Gasteiger partial charge in [-0.15, -0.1) is 0 Å². The lowest BCUT2D eigenvalue weighted by Crippen LogP contribution is -2.25. The van der Waals surface area contributed by atoms with Gasteiger partial charge in [0.25, 0.3) is 0 Å². The third-order valence-electron chi connectivity index (χ3n) is 6.23. The lowest BCUT2D eigenvalue weighted by molar-refractivity contribution is 1.52. The Kier molecular flexibility index (Phi) is 7.85. The second-order valence-corrected chi connectivity index (χ2v) is 17.8. The zero-order valence-corrected chi connectivity index (χ0v) is 23.9. The Hall–Kier alpha value is -2.54. The average Bonchev–Trinajstić information content (AvgIpc) is 2.96. The molecule has 0 saturated heterocycles. The number of halogens is 1. The van der Waals surface area contributed by atoms with Gasteiger partial charge in [-0.1, -0.05) is 149 Å². The monoisotopic (exact) mass is 585 g/mol. The molecule has 0 aliphatic rings. The molecule has 0 aliphatic heterocycles. The Balaban J connectivity index is 1.85. The minimum Gasteiger partial charge on any atom is -0.258 e. The summed E-state index contributed by atoms with van der Waals surface area (Å²) in [6.07, 6.45) is 0. The molecule has 5 aromatic rings. The SMILES string of the molecule is S=P(CP(=Nc1ccc(Br)cc1)(c1ccccc1)c1ccccc1)(c1ccccc1)c1ccccc1. The van der Waals surface area contributed by atoms with Crippen LogP contribution in [0.3, 0.4) is 0 Å². The molecule has 1 nitrogen and oxygen atoms in total. The van der Waals surface area contributed by atoms with E-state index < -0.39 is 13.1 Å². The number of hydrogen-bond acceptors (Lipinski definition) is 2. The number of benzene rings is 5. The second-order valence-electron chi connectivity index (χ2n) is 8.57. The fraction of sp³-hybridized carbons (Fsp3) is 0.0323. The van der Waals surface area contributed by atoms with Gasteiger partial charge >= 0.3 is 0 Å². The van der Waals surface area contributed by atoms with Crippen molar-refractivity contribution in [3.8, 4) is 0 Å². The van der Waals surface area contributed by atoms with Crippen LogP contribution >= 0.6 is 29.0 Å². The Morgan fingerprint density at radius 3 is 1.25 bits per heavy atom. The summed E-state index contributed by atoms with van der Waals surface area (Å²) in [5.74, 6) is 0.799. The smallest absolute Gasteiger partial charge is 0.0622 e. The Morgan fingerprint density at radius 2 is 0.861 bits per heavy atom. The van der Waals surface area contributed by atoms with Crippen LogP contribution in [0, 0.1) is 0 Å². The van der Waals surface area contributed by atoms with E-state index in [2.05, 4.69) is 162 Å². The first-order chi connectivity index (χ1) is 17.6. The molecule has 0 spiro atoms. The molecule has 0 fully saturated rings. The molecule has 36 heavy (non-hydrogen) atoms. The molecule has 0 amide bonds. The molecule has 0 heterocycles. The van der Waals surface area contributed by atoms with E-state index in [4.69, 9.17) is 16.6 Å². The summed E-state index contributed by atoms with van der Waals surface area (Å²) in [6.45, 7) is 0. The van der Waals surface area contributed by atoms with E-state index in [1.165, 1.54) is 21.2 Å². The molecule has 0 aromatic heterocycles. The van der Waals surface area contributed by atoms with Gasteiger partial charge in [-0.25, -0.2) is 0 Å². The van der Waals surface area contributed by atoms with Gasteiger partial charge in [0.05, 0.1) is 5.69 Å². The van der Waals surface area contributed by atoms with Crippen molar-refractivity contribution in [3.63, 3.8) is 0 Å². The Bertz CT molecular complexity index is 1440. The highest BCUT2D eigenvalue weighted by Gasteiger charge is 2.34. The van der Waals surface area contributed by atoms with Gasteiger partial charge in [-0.3, -0.25) is 4.74 Å². The molecular formula is C31H26BrNP2S. The third kappa shape index (κ3) is 5.26. The van der Waals surface area contributed by atoms with Crippen molar-refractivity contribution in [3.05, 3.63) is 150 Å². The van der Waals surface area contributed by atoms with Gasteiger partial charge in [0.2, 0.25) is 0 Å². The summed E-state index contributed by atoms with van der Waals surface area (Å²) >= 11 is 10.4. The van der Waals surface area contributed by atoms with Gasteiger partial charge in [-0.2, -0.15) is 0 Å². The highest BCUT2D eigenvalue weighted by molar-refractivity contribution is 9.10. The zero-order chi connectivity index (χ0) is 24.8. The summed E-state index contributed by atoms with van der Waals surface area (Å²) < 4.78 is 6.70. The summed E-state index contributed by atoms with van der Waals surface area (Å²) in [7, 11) is -2.34. The van der Waals surface area contributed by atoms with Crippen LogP contribution in [0.1, 0.15) is 0 Å². The van der Waals surface area contributed by atoms with Crippen LogP contribution in [0.5, 0.6) is 0 Å². The molecule has 0 N–H and O–H groups in total. The summed E-state index contributed by atoms with van der Waals surface area (Å²) in [5.41, 5.74) is 0.974. The van der Waals surface area contributed by atoms with E-state index in [-0.39, 0.29) is 0 Å². The maximum absolute atomic E-state index is 6.79. The Morgan fingerprint density at radius 1 is 0.500 bits per heavy atom. The Labute approximate surface area is 227 Å². The van der Waals surface area contributed by atoms with Crippen molar-refractivity contribution in [2.24, 2.45) is 4.74 Å². The maximum Gasteiger partial charge on any atom is 0.0622 e. The van der Waals surface area contributed by atoms with Crippen LogP contribution in [-0.2, 0) is 11.8 Å². The number of hydrogen-bond donors (Lipinski definition) is 0. The van der Waals surface area contributed by atoms with Crippen molar-refractivity contribution in [2.45, 2.75) is 0 Å². The minimum atomic E-state index is -2.34. The molecule has 5 rings (SSSR count). The van der Waals surface area contributed by atoms with Gasteiger partial charge in [-0.05, 0) is 45.5 Å². The van der Waals surface area contributed by atoms with Crippen molar-refractivity contribution in [1.29, 1.82) is 0 Å². The number of nitrogens with zero attached hydrogens (tertiary/aromatic N) is 1. The molecule has 0 unspecified atom stereocenters. The molecule has 0 bridgehead atoms. The first-order valence-electron chi connectivity index (χ1n) is 11.8. The van der Waals surface area contributed by atoms with E-state index in [1.807, 2.05) is 0 Å². The fourth-order valence-corrected chi connectivity index (χ4v) is 16.1.